The van der Waals surface area contributed by atoms with E-state index in [0.29, 0.717) is 63.9 Å². The summed E-state index contributed by atoms with van der Waals surface area (Å²) in [6.45, 7) is 5.80. The second-order valence-corrected chi connectivity index (χ2v) is 7.42. The molecule has 0 spiro atoms. The molecule has 0 radical (unpaired) electrons. The number of hydrogen-bond acceptors (Lipinski definition) is 5. The van der Waals surface area contributed by atoms with Crippen molar-refractivity contribution in [1.82, 2.24) is 15.1 Å². The minimum atomic E-state index is -0.234. The molecular weight excluding hydrogens is 374 g/mol. The van der Waals surface area contributed by atoms with E-state index in [9.17, 15) is 9.59 Å². The van der Waals surface area contributed by atoms with Crippen LogP contribution in [0.3, 0.4) is 0 Å². The average molecular weight is 405 g/mol. The molecule has 0 saturated carbocycles. The quantitative estimate of drug-likeness (QED) is 0.807. The Bertz CT molecular complexity index is 720. The van der Waals surface area contributed by atoms with Gasteiger partial charge in [0.25, 0.3) is 0 Å². The number of rotatable bonds is 5. The first kappa shape index (κ1) is 21.2. The fraction of sp³-hybridized carbons (Fsp3) is 0.619. The van der Waals surface area contributed by atoms with Gasteiger partial charge in [-0.1, -0.05) is 6.07 Å². The summed E-state index contributed by atoms with van der Waals surface area (Å²) in [6.07, 6.45) is 0.696. The summed E-state index contributed by atoms with van der Waals surface area (Å²) in [5.41, 5.74) is 1.04. The number of morpholine rings is 1. The van der Waals surface area contributed by atoms with Crippen LogP contribution in [0.4, 0.5) is 4.79 Å². The number of amides is 3. The molecule has 1 N–H and O–H groups in total. The first-order chi connectivity index (χ1) is 14.1. The lowest BCUT2D eigenvalue weighted by Crippen LogP contribution is -2.53. The van der Waals surface area contributed by atoms with Gasteiger partial charge in [0.05, 0.1) is 33.4 Å². The maximum atomic E-state index is 13.1. The summed E-state index contributed by atoms with van der Waals surface area (Å²) in [5.74, 6) is 1.22. The molecule has 1 aromatic rings. The largest absolute Gasteiger partial charge is 0.493 e. The molecule has 2 heterocycles. The maximum Gasteiger partial charge on any atom is 0.317 e. The van der Waals surface area contributed by atoms with Crippen molar-refractivity contribution in [3.63, 3.8) is 0 Å². The molecule has 3 amide bonds. The van der Waals surface area contributed by atoms with Crippen LogP contribution in [0.15, 0.2) is 18.2 Å². The van der Waals surface area contributed by atoms with Gasteiger partial charge >= 0.3 is 6.03 Å². The standard InChI is InChI=1S/C21H31N3O5/c1-4-22-21(26)24-13-16(15-5-6-18(27-2)19(12-15)28-3)11-17(14-24)20(25)23-7-9-29-10-8-23/h5-6,12,16-17H,4,7-11,13-14H2,1-3H3,(H,22,26)/t16-,17-/m0/s1. The highest BCUT2D eigenvalue weighted by Crippen LogP contribution is 2.36. The van der Waals surface area contributed by atoms with Crippen molar-refractivity contribution in [2.75, 3.05) is 60.2 Å². The number of ether oxygens (including phenoxy) is 3. The Kier molecular flexibility index (Phi) is 7.19. The molecule has 8 nitrogen and oxygen atoms in total. The van der Waals surface area contributed by atoms with Gasteiger partial charge in [0.1, 0.15) is 0 Å². The Morgan fingerprint density at radius 3 is 2.48 bits per heavy atom. The van der Waals surface area contributed by atoms with Crippen molar-refractivity contribution in [1.29, 1.82) is 0 Å². The fourth-order valence-electron chi connectivity index (χ4n) is 4.10. The lowest BCUT2D eigenvalue weighted by molar-refractivity contribution is -0.141. The van der Waals surface area contributed by atoms with E-state index in [-0.39, 0.29) is 23.8 Å². The Hall–Kier alpha value is -2.48. The zero-order valence-corrected chi connectivity index (χ0v) is 17.5. The van der Waals surface area contributed by atoms with Crippen LogP contribution < -0.4 is 14.8 Å². The zero-order valence-electron chi connectivity index (χ0n) is 17.5. The van der Waals surface area contributed by atoms with Crippen molar-refractivity contribution in [2.45, 2.75) is 19.3 Å². The van der Waals surface area contributed by atoms with Crippen LogP contribution in [0.25, 0.3) is 0 Å². The highest BCUT2D eigenvalue weighted by Gasteiger charge is 2.37. The maximum absolute atomic E-state index is 13.1. The first-order valence-electron chi connectivity index (χ1n) is 10.2. The molecule has 8 heteroatoms. The van der Waals surface area contributed by atoms with Crippen LogP contribution in [-0.4, -0.2) is 81.9 Å². The molecule has 0 aromatic heterocycles. The van der Waals surface area contributed by atoms with Crippen LogP contribution in [-0.2, 0) is 9.53 Å². The van der Waals surface area contributed by atoms with E-state index >= 15 is 0 Å². The van der Waals surface area contributed by atoms with E-state index < -0.39 is 0 Å². The molecule has 2 saturated heterocycles. The third kappa shape index (κ3) is 4.93. The van der Waals surface area contributed by atoms with Crippen LogP contribution in [0.5, 0.6) is 11.5 Å². The molecule has 2 aliphatic heterocycles. The monoisotopic (exact) mass is 405 g/mol. The molecular formula is C21H31N3O5. The lowest BCUT2D eigenvalue weighted by Gasteiger charge is -2.40. The molecule has 3 rings (SSSR count). The van der Waals surface area contributed by atoms with Crippen molar-refractivity contribution in [3.8, 4) is 11.5 Å². The van der Waals surface area contributed by atoms with Gasteiger partial charge in [0.15, 0.2) is 11.5 Å². The molecule has 2 aliphatic rings. The SMILES string of the molecule is CCNC(=O)N1C[C@@H](C(=O)N2CCOCC2)C[C@H](c2ccc(OC)c(OC)c2)C1. The normalized spacial score (nSPS) is 22.2. The van der Waals surface area contributed by atoms with Gasteiger partial charge in [-0.15, -0.1) is 0 Å². The van der Waals surface area contributed by atoms with Gasteiger partial charge in [0.2, 0.25) is 5.91 Å². The van der Waals surface area contributed by atoms with Gasteiger partial charge in [0, 0.05) is 38.6 Å². The predicted molar refractivity (Wildman–Crippen MR) is 108 cm³/mol. The van der Waals surface area contributed by atoms with E-state index in [4.69, 9.17) is 14.2 Å². The van der Waals surface area contributed by atoms with Crippen molar-refractivity contribution in [3.05, 3.63) is 23.8 Å². The number of piperidine rings is 1. The van der Waals surface area contributed by atoms with Crippen molar-refractivity contribution >= 4 is 11.9 Å². The molecule has 1 aromatic carbocycles. The smallest absolute Gasteiger partial charge is 0.317 e. The van der Waals surface area contributed by atoms with Gasteiger partial charge in [-0.3, -0.25) is 4.79 Å². The Morgan fingerprint density at radius 2 is 1.83 bits per heavy atom. The minimum Gasteiger partial charge on any atom is -0.493 e. The summed E-state index contributed by atoms with van der Waals surface area (Å²) in [4.78, 5) is 29.3. The van der Waals surface area contributed by atoms with E-state index in [1.165, 1.54) is 0 Å². The van der Waals surface area contributed by atoms with Crippen LogP contribution in [0.2, 0.25) is 0 Å². The summed E-state index contributed by atoms with van der Waals surface area (Å²) in [5, 5.41) is 2.86. The number of carbonyl (C=O) groups excluding carboxylic acids is 2. The van der Waals surface area contributed by atoms with Gasteiger partial charge in [-0.2, -0.15) is 0 Å². The number of carbonyl (C=O) groups is 2. The minimum absolute atomic E-state index is 0.0427. The molecule has 2 fully saturated rings. The predicted octanol–water partition coefficient (Wildman–Crippen LogP) is 1.70. The summed E-state index contributed by atoms with van der Waals surface area (Å²) < 4.78 is 16.2. The highest BCUT2D eigenvalue weighted by atomic mass is 16.5. The second-order valence-electron chi connectivity index (χ2n) is 7.42. The summed E-state index contributed by atoms with van der Waals surface area (Å²) >= 11 is 0. The molecule has 160 valence electrons. The van der Waals surface area contributed by atoms with Crippen molar-refractivity contribution in [2.24, 2.45) is 5.92 Å². The van der Waals surface area contributed by atoms with E-state index in [2.05, 4.69) is 5.32 Å². The highest BCUT2D eigenvalue weighted by molar-refractivity contribution is 5.81. The average Bonchev–Trinajstić information content (AvgIpc) is 2.78. The number of likely N-dealkylation sites (tertiary alicyclic amines) is 1. The van der Waals surface area contributed by atoms with Crippen LogP contribution >= 0.6 is 0 Å². The van der Waals surface area contributed by atoms with Crippen molar-refractivity contribution < 1.29 is 23.8 Å². The number of benzene rings is 1. The number of nitrogens with one attached hydrogen (secondary N) is 1. The van der Waals surface area contributed by atoms with E-state index in [1.54, 1.807) is 19.1 Å². The Morgan fingerprint density at radius 1 is 1.10 bits per heavy atom. The Labute approximate surface area is 172 Å². The van der Waals surface area contributed by atoms with E-state index in [0.717, 1.165) is 5.56 Å². The number of methoxy groups -OCH3 is 2. The molecule has 0 bridgehead atoms. The first-order valence-corrected chi connectivity index (χ1v) is 10.2. The van der Waals surface area contributed by atoms with Gasteiger partial charge < -0.3 is 29.3 Å². The number of urea groups is 1. The molecule has 0 aliphatic carbocycles. The fourth-order valence-corrected chi connectivity index (χ4v) is 4.10. The second kappa shape index (κ2) is 9.82. The van der Waals surface area contributed by atoms with Gasteiger partial charge in [-0.25, -0.2) is 4.79 Å². The van der Waals surface area contributed by atoms with Gasteiger partial charge in [-0.05, 0) is 31.0 Å². The third-order valence-corrected chi connectivity index (χ3v) is 5.62. The third-order valence-electron chi connectivity index (χ3n) is 5.62. The Balaban J connectivity index is 1.83. The topological polar surface area (TPSA) is 80.3 Å². The lowest BCUT2D eigenvalue weighted by atomic mass is 9.83. The number of hydrogen-bond donors (Lipinski definition) is 1. The summed E-state index contributed by atoms with van der Waals surface area (Å²) in [6, 6.07) is 5.68. The van der Waals surface area contributed by atoms with Crippen LogP contribution in [0, 0.1) is 5.92 Å². The summed E-state index contributed by atoms with van der Waals surface area (Å²) in [7, 11) is 3.21. The number of nitrogens with zero attached hydrogens (tertiary/aromatic N) is 2. The zero-order chi connectivity index (χ0) is 20.8. The molecule has 0 unspecified atom stereocenters. The molecule has 29 heavy (non-hydrogen) atoms. The van der Waals surface area contributed by atoms with Crippen LogP contribution in [0.1, 0.15) is 24.8 Å². The molecule has 2 atom stereocenters. The van der Waals surface area contributed by atoms with E-state index in [1.807, 2.05) is 30.0 Å².